The van der Waals surface area contributed by atoms with Gasteiger partial charge in [-0.3, -0.25) is 15.0 Å². The normalized spacial score (nSPS) is 15.4. The second-order valence-electron chi connectivity index (χ2n) is 6.55. The molecule has 0 aliphatic carbocycles. The number of aromatic nitrogens is 1. The molecule has 1 saturated heterocycles. The van der Waals surface area contributed by atoms with E-state index in [0.717, 1.165) is 25.1 Å². The van der Waals surface area contributed by atoms with Gasteiger partial charge in [0.25, 0.3) is 5.91 Å². The van der Waals surface area contributed by atoms with E-state index in [1.54, 1.807) is 6.07 Å². The number of primary amides is 2. The van der Waals surface area contributed by atoms with E-state index in [1.807, 2.05) is 24.3 Å². The average Bonchev–Trinajstić information content (AvgIpc) is 3.29. The number of nitrogens with one attached hydrogen (secondary N) is 2. The molecule has 27 heavy (non-hydrogen) atoms. The molecule has 0 saturated carbocycles. The Kier molecular flexibility index (Phi) is 5.66. The summed E-state index contributed by atoms with van der Waals surface area (Å²) in [7, 11) is 0. The minimum absolute atomic E-state index is 0.0116. The van der Waals surface area contributed by atoms with Crippen LogP contribution in [0.2, 0.25) is 0 Å². The molecular weight excluding hydrogens is 346 g/mol. The van der Waals surface area contributed by atoms with Gasteiger partial charge in [0, 0.05) is 18.7 Å². The van der Waals surface area contributed by atoms with Crippen LogP contribution >= 0.6 is 0 Å². The zero-order chi connectivity index (χ0) is 19.4. The quantitative estimate of drug-likeness (QED) is 0.596. The number of ether oxygens (including phenoxy) is 1. The molecule has 6 N–H and O–H groups in total. The van der Waals surface area contributed by atoms with Gasteiger partial charge in [-0.1, -0.05) is 19.1 Å². The van der Waals surface area contributed by atoms with Crippen molar-refractivity contribution in [3.8, 4) is 17.0 Å². The topological polar surface area (TPSA) is 126 Å². The standard InChI is InChI=1S/C19H25N5O3/c1-2-16(24-9-5-6-10-24)27-15-8-4-3-7-12(15)14-11-13(17(20)25)18(22-14)23-19(21)26/h3-4,7-8,11,16,22H,2,5-6,9-10H2,1H3,(H2,20,25)(H3,21,23,26). The first-order chi connectivity index (χ1) is 13.0. The number of carbonyl (C=O) groups excluding carboxylic acids is 2. The average molecular weight is 371 g/mol. The van der Waals surface area contributed by atoms with Crippen molar-refractivity contribution in [2.45, 2.75) is 32.4 Å². The van der Waals surface area contributed by atoms with Crippen molar-refractivity contribution in [3.05, 3.63) is 35.9 Å². The molecule has 1 unspecified atom stereocenters. The van der Waals surface area contributed by atoms with Crippen molar-refractivity contribution < 1.29 is 14.3 Å². The van der Waals surface area contributed by atoms with E-state index >= 15 is 0 Å². The highest BCUT2D eigenvalue weighted by molar-refractivity contribution is 6.03. The summed E-state index contributed by atoms with van der Waals surface area (Å²) in [6.45, 7) is 4.16. The fourth-order valence-corrected chi connectivity index (χ4v) is 3.40. The lowest BCUT2D eigenvalue weighted by Crippen LogP contribution is -2.36. The van der Waals surface area contributed by atoms with E-state index in [2.05, 4.69) is 22.1 Å². The van der Waals surface area contributed by atoms with Crippen LogP contribution in [0, 0.1) is 0 Å². The SMILES string of the molecule is CCC(Oc1ccccc1-c1cc(C(N)=O)c(NC(N)=O)[nH]1)N1CCCC1. The summed E-state index contributed by atoms with van der Waals surface area (Å²) in [5, 5.41) is 2.39. The van der Waals surface area contributed by atoms with Crippen LogP contribution in [0.25, 0.3) is 11.3 Å². The molecule has 2 heterocycles. The van der Waals surface area contributed by atoms with Crippen molar-refractivity contribution in [2.24, 2.45) is 11.5 Å². The van der Waals surface area contributed by atoms with Gasteiger partial charge in [-0.05, 0) is 37.5 Å². The Morgan fingerprint density at radius 3 is 2.59 bits per heavy atom. The van der Waals surface area contributed by atoms with Gasteiger partial charge < -0.3 is 21.2 Å². The summed E-state index contributed by atoms with van der Waals surface area (Å²) >= 11 is 0. The first kappa shape index (κ1) is 18.8. The van der Waals surface area contributed by atoms with Crippen molar-refractivity contribution in [1.29, 1.82) is 0 Å². The van der Waals surface area contributed by atoms with Crippen molar-refractivity contribution in [1.82, 2.24) is 9.88 Å². The van der Waals surface area contributed by atoms with E-state index in [4.69, 9.17) is 16.2 Å². The summed E-state index contributed by atoms with van der Waals surface area (Å²) < 4.78 is 6.30. The van der Waals surface area contributed by atoms with Gasteiger partial charge in [-0.15, -0.1) is 0 Å². The van der Waals surface area contributed by atoms with Crippen molar-refractivity contribution >= 4 is 17.8 Å². The molecule has 1 fully saturated rings. The zero-order valence-corrected chi connectivity index (χ0v) is 15.3. The molecule has 1 aliphatic rings. The van der Waals surface area contributed by atoms with E-state index in [1.165, 1.54) is 12.8 Å². The maximum Gasteiger partial charge on any atom is 0.317 e. The molecule has 0 radical (unpaired) electrons. The number of anilines is 1. The van der Waals surface area contributed by atoms with Gasteiger partial charge in [0.1, 0.15) is 11.6 Å². The van der Waals surface area contributed by atoms with Crippen LogP contribution in [0.4, 0.5) is 10.6 Å². The molecule has 3 amide bonds. The fraction of sp³-hybridized carbons (Fsp3) is 0.368. The van der Waals surface area contributed by atoms with E-state index < -0.39 is 11.9 Å². The number of nitrogens with zero attached hydrogens (tertiary/aromatic N) is 1. The number of benzene rings is 1. The van der Waals surface area contributed by atoms with Crippen LogP contribution in [0.5, 0.6) is 5.75 Å². The number of amides is 3. The number of carbonyl (C=O) groups is 2. The number of hydrogen-bond acceptors (Lipinski definition) is 4. The molecule has 0 bridgehead atoms. The van der Waals surface area contributed by atoms with Gasteiger partial charge in [0.15, 0.2) is 6.23 Å². The predicted molar refractivity (Wildman–Crippen MR) is 103 cm³/mol. The number of nitrogens with two attached hydrogens (primary N) is 2. The molecule has 1 aromatic heterocycles. The Balaban J connectivity index is 1.93. The molecule has 1 aliphatic heterocycles. The first-order valence-electron chi connectivity index (χ1n) is 9.09. The second kappa shape index (κ2) is 8.13. The number of H-pyrrole nitrogens is 1. The van der Waals surface area contributed by atoms with Crippen LogP contribution in [-0.4, -0.2) is 41.1 Å². The van der Waals surface area contributed by atoms with Crippen molar-refractivity contribution in [3.63, 3.8) is 0 Å². The molecule has 1 atom stereocenters. The third-order valence-electron chi connectivity index (χ3n) is 4.67. The number of likely N-dealkylation sites (tertiary alicyclic amines) is 1. The first-order valence-corrected chi connectivity index (χ1v) is 9.09. The minimum Gasteiger partial charge on any atom is -0.474 e. The van der Waals surface area contributed by atoms with Gasteiger partial charge in [-0.25, -0.2) is 4.79 Å². The molecule has 8 nitrogen and oxygen atoms in total. The third-order valence-corrected chi connectivity index (χ3v) is 4.67. The summed E-state index contributed by atoms with van der Waals surface area (Å²) in [6, 6.07) is 8.36. The van der Waals surface area contributed by atoms with Crippen LogP contribution in [0.3, 0.4) is 0 Å². The minimum atomic E-state index is -0.782. The summed E-state index contributed by atoms with van der Waals surface area (Å²) in [5.41, 5.74) is 12.1. The highest BCUT2D eigenvalue weighted by Gasteiger charge is 2.23. The Morgan fingerprint density at radius 1 is 1.26 bits per heavy atom. The maximum atomic E-state index is 11.7. The largest absolute Gasteiger partial charge is 0.474 e. The predicted octanol–water partition coefficient (Wildman–Crippen LogP) is 2.48. The summed E-state index contributed by atoms with van der Waals surface area (Å²) in [6.07, 6.45) is 3.22. The summed E-state index contributed by atoms with van der Waals surface area (Å²) in [5.74, 6) is 0.202. The second-order valence-corrected chi connectivity index (χ2v) is 6.55. The third kappa shape index (κ3) is 4.22. The molecule has 1 aromatic carbocycles. The number of aromatic amines is 1. The molecular formula is C19H25N5O3. The Morgan fingerprint density at radius 2 is 1.96 bits per heavy atom. The van der Waals surface area contributed by atoms with E-state index in [0.29, 0.717) is 11.4 Å². The smallest absolute Gasteiger partial charge is 0.317 e. The van der Waals surface area contributed by atoms with E-state index in [-0.39, 0.29) is 17.6 Å². The number of rotatable bonds is 7. The summed E-state index contributed by atoms with van der Waals surface area (Å²) in [4.78, 5) is 28.2. The highest BCUT2D eigenvalue weighted by atomic mass is 16.5. The van der Waals surface area contributed by atoms with Gasteiger partial charge in [0.2, 0.25) is 0 Å². The highest BCUT2D eigenvalue weighted by Crippen LogP contribution is 2.33. The zero-order valence-electron chi connectivity index (χ0n) is 15.3. The van der Waals surface area contributed by atoms with Crippen LogP contribution in [0.1, 0.15) is 36.5 Å². The van der Waals surface area contributed by atoms with Gasteiger partial charge >= 0.3 is 6.03 Å². The molecule has 0 spiro atoms. The lowest BCUT2D eigenvalue weighted by Gasteiger charge is -2.28. The van der Waals surface area contributed by atoms with Gasteiger partial charge in [0.05, 0.1) is 11.3 Å². The molecule has 2 aromatic rings. The fourth-order valence-electron chi connectivity index (χ4n) is 3.40. The Bertz CT molecular complexity index is 827. The monoisotopic (exact) mass is 371 g/mol. The lowest BCUT2D eigenvalue weighted by molar-refractivity contribution is 0.0407. The van der Waals surface area contributed by atoms with Gasteiger partial charge in [-0.2, -0.15) is 0 Å². The molecule has 144 valence electrons. The number of hydrogen-bond donors (Lipinski definition) is 4. The molecule has 3 rings (SSSR count). The number of urea groups is 1. The van der Waals surface area contributed by atoms with E-state index in [9.17, 15) is 9.59 Å². The Labute approximate surface area is 157 Å². The van der Waals surface area contributed by atoms with Crippen LogP contribution < -0.4 is 21.5 Å². The molecule has 8 heteroatoms. The van der Waals surface area contributed by atoms with Crippen molar-refractivity contribution in [2.75, 3.05) is 18.4 Å². The van der Waals surface area contributed by atoms with Crippen LogP contribution in [-0.2, 0) is 0 Å². The number of para-hydroxylation sites is 1. The Hall–Kier alpha value is -3.00. The maximum absolute atomic E-state index is 11.7. The lowest BCUT2D eigenvalue weighted by atomic mass is 10.1. The van der Waals surface area contributed by atoms with Crippen LogP contribution in [0.15, 0.2) is 30.3 Å².